The molecule has 0 aliphatic carbocycles. The summed E-state index contributed by atoms with van der Waals surface area (Å²) in [6.45, 7) is 11.3. The number of nitrogens with one attached hydrogen (secondary N) is 1. The Kier molecular flexibility index (Phi) is 4.64. The average molecular weight is 309 g/mol. The van der Waals surface area contributed by atoms with Crippen molar-refractivity contribution in [1.29, 1.82) is 0 Å². The Morgan fingerprint density at radius 3 is 2.52 bits per heavy atom. The van der Waals surface area contributed by atoms with Crippen LogP contribution >= 0.6 is 11.6 Å². The van der Waals surface area contributed by atoms with Crippen LogP contribution in [0.15, 0.2) is 24.3 Å². The number of amides is 1. The molecule has 4 heteroatoms. The average Bonchev–Trinajstić information content (AvgIpc) is 2.65. The molecule has 1 amide bonds. The lowest BCUT2D eigenvalue weighted by molar-refractivity contribution is -0.132. The molecule has 21 heavy (non-hydrogen) atoms. The summed E-state index contributed by atoms with van der Waals surface area (Å²) in [4.78, 5) is 14.7. The van der Waals surface area contributed by atoms with Crippen LogP contribution in [-0.4, -0.2) is 23.4 Å². The molecule has 1 aliphatic heterocycles. The van der Waals surface area contributed by atoms with E-state index in [9.17, 15) is 4.79 Å². The minimum absolute atomic E-state index is 0.0556. The van der Waals surface area contributed by atoms with E-state index >= 15 is 0 Å². The minimum atomic E-state index is -0.128. The lowest BCUT2D eigenvalue weighted by atomic mass is 9.95. The first-order chi connectivity index (χ1) is 9.69. The fourth-order valence-electron chi connectivity index (χ4n) is 2.75. The van der Waals surface area contributed by atoms with Crippen LogP contribution in [-0.2, 0) is 4.79 Å². The second-order valence-electron chi connectivity index (χ2n) is 7.37. The van der Waals surface area contributed by atoms with Gasteiger partial charge in [-0.3, -0.25) is 10.1 Å². The number of hydrogen-bond acceptors (Lipinski definition) is 2. The number of hydrogen-bond donors (Lipinski definition) is 1. The van der Waals surface area contributed by atoms with E-state index in [-0.39, 0.29) is 29.4 Å². The fraction of sp³-hybridized carbons (Fsp3) is 0.588. The van der Waals surface area contributed by atoms with Crippen LogP contribution in [0.2, 0.25) is 5.02 Å². The van der Waals surface area contributed by atoms with Gasteiger partial charge in [0.05, 0.1) is 6.04 Å². The molecule has 1 heterocycles. The zero-order valence-corrected chi connectivity index (χ0v) is 14.2. The second kappa shape index (κ2) is 5.98. The molecule has 0 aromatic heterocycles. The van der Waals surface area contributed by atoms with E-state index in [4.69, 9.17) is 11.6 Å². The summed E-state index contributed by atoms with van der Waals surface area (Å²) >= 11 is 6.11. The third kappa shape index (κ3) is 3.78. The topological polar surface area (TPSA) is 32.3 Å². The molecule has 2 atom stereocenters. The molecule has 1 fully saturated rings. The maximum atomic E-state index is 12.7. The lowest BCUT2D eigenvalue weighted by Crippen LogP contribution is -2.38. The van der Waals surface area contributed by atoms with Crippen LogP contribution in [0.5, 0.6) is 0 Å². The summed E-state index contributed by atoms with van der Waals surface area (Å²) in [5, 5.41) is 4.17. The van der Waals surface area contributed by atoms with E-state index < -0.39 is 0 Å². The highest BCUT2D eigenvalue weighted by molar-refractivity contribution is 6.30. The lowest BCUT2D eigenvalue weighted by Gasteiger charge is -2.31. The smallest absolute Gasteiger partial charge is 0.241 e. The molecule has 1 N–H and O–H groups in total. The van der Waals surface area contributed by atoms with Crippen molar-refractivity contribution in [3.8, 4) is 0 Å². The predicted molar refractivity (Wildman–Crippen MR) is 87.1 cm³/mol. The van der Waals surface area contributed by atoms with Crippen molar-refractivity contribution in [2.24, 2.45) is 11.3 Å². The Labute approximate surface area is 132 Å². The molecule has 116 valence electrons. The van der Waals surface area contributed by atoms with Crippen molar-refractivity contribution in [2.75, 3.05) is 6.54 Å². The largest absolute Gasteiger partial charge is 0.321 e. The summed E-state index contributed by atoms with van der Waals surface area (Å²) in [6.07, 6.45) is -0.0946. The molecule has 0 saturated carbocycles. The van der Waals surface area contributed by atoms with Crippen molar-refractivity contribution < 1.29 is 4.79 Å². The summed E-state index contributed by atoms with van der Waals surface area (Å²) in [5.41, 5.74) is 1.10. The highest BCUT2D eigenvalue weighted by atomic mass is 35.5. The van der Waals surface area contributed by atoms with E-state index in [1.165, 1.54) is 0 Å². The first-order valence-electron chi connectivity index (χ1n) is 7.51. The maximum Gasteiger partial charge on any atom is 0.241 e. The Bertz CT molecular complexity index is 522. The maximum absolute atomic E-state index is 12.7. The molecule has 1 aromatic rings. The third-order valence-electron chi connectivity index (χ3n) is 3.67. The van der Waals surface area contributed by atoms with E-state index in [0.29, 0.717) is 5.02 Å². The molecule has 0 radical (unpaired) electrons. The van der Waals surface area contributed by atoms with E-state index in [1.54, 1.807) is 0 Å². The number of benzene rings is 1. The van der Waals surface area contributed by atoms with Crippen molar-refractivity contribution in [2.45, 2.75) is 46.8 Å². The predicted octanol–water partition coefficient (Wildman–Crippen LogP) is 3.84. The first-order valence-corrected chi connectivity index (χ1v) is 7.89. The van der Waals surface area contributed by atoms with Gasteiger partial charge < -0.3 is 4.90 Å². The van der Waals surface area contributed by atoms with Gasteiger partial charge in [0.1, 0.15) is 6.17 Å². The van der Waals surface area contributed by atoms with Gasteiger partial charge in [0.15, 0.2) is 0 Å². The van der Waals surface area contributed by atoms with E-state index in [1.807, 2.05) is 29.2 Å². The summed E-state index contributed by atoms with van der Waals surface area (Å²) in [7, 11) is 0. The molecule has 3 nitrogen and oxygen atoms in total. The quantitative estimate of drug-likeness (QED) is 0.920. The molecule has 0 spiro atoms. The number of halogens is 1. The van der Waals surface area contributed by atoms with Crippen LogP contribution < -0.4 is 5.32 Å². The van der Waals surface area contributed by atoms with Crippen molar-refractivity contribution in [1.82, 2.24) is 10.2 Å². The van der Waals surface area contributed by atoms with Gasteiger partial charge in [0.2, 0.25) is 5.91 Å². The SMILES string of the molecule is CC(C)C1NC(c2cccc(Cl)c2)N(CC(C)(C)C)C1=O. The van der Waals surface area contributed by atoms with Crippen LogP contribution in [0.1, 0.15) is 46.3 Å². The highest BCUT2D eigenvalue weighted by Crippen LogP contribution is 2.32. The van der Waals surface area contributed by atoms with Crippen molar-refractivity contribution in [3.05, 3.63) is 34.9 Å². The normalized spacial score (nSPS) is 23.2. The monoisotopic (exact) mass is 308 g/mol. The van der Waals surface area contributed by atoms with Crippen LogP contribution in [0, 0.1) is 11.3 Å². The summed E-state index contributed by atoms with van der Waals surface area (Å²) in [5.74, 6) is 0.453. The number of nitrogens with zero attached hydrogens (tertiary/aromatic N) is 1. The Morgan fingerprint density at radius 2 is 2.00 bits per heavy atom. The van der Waals surface area contributed by atoms with Crippen molar-refractivity contribution >= 4 is 17.5 Å². The Balaban J connectivity index is 2.34. The van der Waals surface area contributed by atoms with Gasteiger partial charge in [0.25, 0.3) is 0 Å². The van der Waals surface area contributed by atoms with Crippen LogP contribution in [0.25, 0.3) is 0 Å². The standard InChI is InChI=1S/C17H25ClN2O/c1-11(2)14-16(21)20(10-17(3,4)5)15(19-14)12-7-6-8-13(18)9-12/h6-9,11,14-15,19H,10H2,1-5H3. The minimum Gasteiger partial charge on any atom is -0.321 e. The first kappa shape index (κ1) is 16.3. The van der Waals surface area contributed by atoms with Gasteiger partial charge in [-0.15, -0.1) is 0 Å². The summed E-state index contributed by atoms with van der Waals surface area (Å²) < 4.78 is 0. The number of rotatable bonds is 3. The van der Waals surface area contributed by atoms with Gasteiger partial charge in [0, 0.05) is 11.6 Å². The van der Waals surface area contributed by atoms with E-state index in [2.05, 4.69) is 39.9 Å². The van der Waals surface area contributed by atoms with Gasteiger partial charge in [-0.05, 0) is 29.0 Å². The van der Waals surface area contributed by atoms with Gasteiger partial charge in [-0.2, -0.15) is 0 Å². The Morgan fingerprint density at radius 1 is 1.33 bits per heavy atom. The van der Waals surface area contributed by atoms with Gasteiger partial charge in [-0.1, -0.05) is 58.4 Å². The van der Waals surface area contributed by atoms with Crippen LogP contribution in [0.3, 0.4) is 0 Å². The zero-order valence-electron chi connectivity index (χ0n) is 13.5. The van der Waals surface area contributed by atoms with Crippen molar-refractivity contribution in [3.63, 3.8) is 0 Å². The van der Waals surface area contributed by atoms with Gasteiger partial charge in [-0.25, -0.2) is 0 Å². The summed E-state index contributed by atoms with van der Waals surface area (Å²) in [6, 6.07) is 7.62. The fourth-order valence-corrected chi connectivity index (χ4v) is 2.95. The third-order valence-corrected chi connectivity index (χ3v) is 3.91. The Hall–Kier alpha value is -1.06. The molecule has 0 bridgehead atoms. The zero-order chi connectivity index (χ0) is 15.8. The number of carbonyl (C=O) groups excluding carboxylic acids is 1. The number of carbonyl (C=O) groups is 1. The molecular formula is C17H25ClN2O. The molecule has 2 rings (SSSR count). The molecule has 2 unspecified atom stereocenters. The second-order valence-corrected chi connectivity index (χ2v) is 7.81. The molecule has 1 saturated heterocycles. The molecular weight excluding hydrogens is 284 g/mol. The van der Waals surface area contributed by atoms with Gasteiger partial charge >= 0.3 is 0 Å². The highest BCUT2D eigenvalue weighted by Gasteiger charge is 2.42. The molecule has 1 aromatic carbocycles. The van der Waals surface area contributed by atoms with E-state index in [0.717, 1.165) is 12.1 Å². The molecule has 1 aliphatic rings. The van der Waals surface area contributed by atoms with Crippen LogP contribution in [0.4, 0.5) is 0 Å².